The summed E-state index contributed by atoms with van der Waals surface area (Å²) in [6.45, 7) is 2.48. The van der Waals surface area contributed by atoms with Crippen LogP contribution >= 0.6 is 11.6 Å². The van der Waals surface area contributed by atoms with Crippen LogP contribution in [0.1, 0.15) is 13.3 Å². The minimum absolute atomic E-state index is 0.0933. The maximum atomic E-state index is 12.1. The smallest absolute Gasteiger partial charge is 0.227 e. The Morgan fingerprint density at radius 1 is 1.32 bits per heavy atom. The van der Waals surface area contributed by atoms with E-state index in [1.165, 1.54) is 6.92 Å². The van der Waals surface area contributed by atoms with Crippen LogP contribution in [0.3, 0.4) is 0 Å². The normalized spacial score (nSPS) is 17.5. The molecule has 3 amide bonds. The van der Waals surface area contributed by atoms with Crippen molar-refractivity contribution in [1.29, 1.82) is 0 Å². The molecule has 0 bridgehead atoms. The molecule has 1 aromatic carbocycles. The van der Waals surface area contributed by atoms with Crippen molar-refractivity contribution in [3.8, 4) is 0 Å². The number of nitrogens with zero attached hydrogens (tertiary/aromatic N) is 1. The first kappa shape index (κ1) is 16.3. The topological polar surface area (TPSA) is 78.5 Å². The molecule has 2 rings (SSSR count). The molecule has 1 heterocycles. The Hall–Kier alpha value is -2.08. The van der Waals surface area contributed by atoms with Crippen molar-refractivity contribution >= 4 is 35.0 Å². The van der Waals surface area contributed by atoms with Gasteiger partial charge in [-0.1, -0.05) is 17.7 Å². The van der Waals surface area contributed by atoms with Gasteiger partial charge in [-0.2, -0.15) is 0 Å². The molecule has 0 spiro atoms. The van der Waals surface area contributed by atoms with Gasteiger partial charge in [0.15, 0.2) is 0 Å². The summed E-state index contributed by atoms with van der Waals surface area (Å²) in [5, 5.41) is 5.87. The molecule has 0 unspecified atom stereocenters. The van der Waals surface area contributed by atoms with Crippen molar-refractivity contribution in [3.05, 3.63) is 29.3 Å². The zero-order chi connectivity index (χ0) is 16.1. The molecule has 1 saturated heterocycles. The first-order valence-electron chi connectivity index (χ1n) is 7.05. The highest BCUT2D eigenvalue weighted by Gasteiger charge is 2.34. The number of rotatable bonds is 5. The SMILES string of the molecule is CC(=O)NCCNC(=O)[C@@H]1CC(=O)N(c2cccc(Cl)c2)C1. The quantitative estimate of drug-likeness (QED) is 0.792. The third-order valence-electron chi connectivity index (χ3n) is 3.41. The lowest BCUT2D eigenvalue weighted by molar-refractivity contribution is -0.126. The monoisotopic (exact) mass is 323 g/mol. The Morgan fingerprint density at radius 2 is 2.05 bits per heavy atom. The van der Waals surface area contributed by atoms with Gasteiger partial charge < -0.3 is 15.5 Å². The number of amides is 3. The summed E-state index contributed by atoms with van der Waals surface area (Å²) in [6, 6.07) is 7.00. The van der Waals surface area contributed by atoms with Crippen molar-refractivity contribution in [2.24, 2.45) is 5.92 Å². The van der Waals surface area contributed by atoms with E-state index in [2.05, 4.69) is 10.6 Å². The summed E-state index contributed by atoms with van der Waals surface area (Å²) in [7, 11) is 0. The van der Waals surface area contributed by atoms with Crippen LogP contribution in [0, 0.1) is 5.92 Å². The van der Waals surface area contributed by atoms with Crippen LogP contribution in [0.4, 0.5) is 5.69 Å². The van der Waals surface area contributed by atoms with E-state index < -0.39 is 0 Å². The summed E-state index contributed by atoms with van der Waals surface area (Å²) in [5.41, 5.74) is 0.700. The van der Waals surface area contributed by atoms with Crippen LogP contribution in [0.15, 0.2) is 24.3 Å². The van der Waals surface area contributed by atoms with Crippen molar-refractivity contribution in [1.82, 2.24) is 10.6 Å². The first-order valence-corrected chi connectivity index (χ1v) is 7.43. The molecule has 1 aliphatic rings. The Balaban J connectivity index is 1.89. The second-order valence-corrected chi connectivity index (χ2v) is 5.60. The van der Waals surface area contributed by atoms with Gasteiger partial charge in [0.05, 0.1) is 5.92 Å². The molecule has 0 radical (unpaired) electrons. The number of halogens is 1. The average molecular weight is 324 g/mol. The van der Waals surface area contributed by atoms with E-state index in [4.69, 9.17) is 11.6 Å². The highest BCUT2D eigenvalue weighted by Crippen LogP contribution is 2.27. The van der Waals surface area contributed by atoms with Gasteiger partial charge in [-0.25, -0.2) is 0 Å². The molecule has 2 N–H and O–H groups in total. The van der Waals surface area contributed by atoms with E-state index in [1.807, 2.05) is 0 Å². The highest BCUT2D eigenvalue weighted by molar-refractivity contribution is 6.30. The lowest BCUT2D eigenvalue weighted by Crippen LogP contribution is -2.37. The molecule has 118 valence electrons. The van der Waals surface area contributed by atoms with Gasteiger partial charge >= 0.3 is 0 Å². The van der Waals surface area contributed by atoms with Gasteiger partial charge in [-0.05, 0) is 18.2 Å². The molecular formula is C15H18ClN3O3. The molecule has 1 atom stereocenters. The van der Waals surface area contributed by atoms with E-state index in [0.29, 0.717) is 30.3 Å². The molecule has 0 aromatic heterocycles. The van der Waals surface area contributed by atoms with E-state index in [1.54, 1.807) is 29.2 Å². The van der Waals surface area contributed by atoms with Crippen LogP contribution in [0.5, 0.6) is 0 Å². The molecule has 7 heteroatoms. The Kier molecular flexibility index (Phi) is 5.38. The van der Waals surface area contributed by atoms with E-state index >= 15 is 0 Å². The summed E-state index contributed by atoms with van der Waals surface area (Å²) in [5.74, 6) is -0.797. The number of hydrogen-bond acceptors (Lipinski definition) is 3. The first-order chi connectivity index (χ1) is 10.5. The zero-order valence-corrected chi connectivity index (χ0v) is 13.0. The maximum Gasteiger partial charge on any atom is 0.227 e. The number of carbonyl (C=O) groups is 3. The third kappa shape index (κ3) is 4.21. The van der Waals surface area contributed by atoms with E-state index in [9.17, 15) is 14.4 Å². The fourth-order valence-corrected chi connectivity index (χ4v) is 2.53. The van der Waals surface area contributed by atoms with Crippen LogP contribution in [-0.2, 0) is 14.4 Å². The van der Waals surface area contributed by atoms with Crippen LogP contribution in [0.25, 0.3) is 0 Å². The summed E-state index contributed by atoms with van der Waals surface area (Å²) in [6.07, 6.45) is 0.179. The predicted molar refractivity (Wildman–Crippen MR) is 83.6 cm³/mol. The number of nitrogens with one attached hydrogen (secondary N) is 2. The van der Waals surface area contributed by atoms with Crippen LogP contribution in [0.2, 0.25) is 5.02 Å². The maximum absolute atomic E-state index is 12.1. The van der Waals surface area contributed by atoms with Crippen molar-refractivity contribution < 1.29 is 14.4 Å². The molecule has 0 aliphatic carbocycles. The largest absolute Gasteiger partial charge is 0.355 e. The summed E-state index contributed by atoms with van der Waals surface area (Å²) >= 11 is 5.93. The van der Waals surface area contributed by atoms with Crippen LogP contribution in [-0.4, -0.2) is 37.4 Å². The summed E-state index contributed by atoms with van der Waals surface area (Å²) in [4.78, 5) is 36.4. The zero-order valence-electron chi connectivity index (χ0n) is 12.3. The van der Waals surface area contributed by atoms with E-state index in [-0.39, 0.29) is 30.1 Å². The summed E-state index contributed by atoms with van der Waals surface area (Å²) < 4.78 is 0. The lowest BCUT2D eigenvalue weighted by atomic mass is 10.1. The van der Waals surface area contributed by atoms with Crippen LogP contribution < -0.4 is 15.5 Å². The van der Waals surface area contributed by atoms with Gasteiger partial charge in [0, 0.05) is 43.7 Å². The molecular weight excluding hydrogens is 306 g/mol. The minimum Gasteiger partial charge on any atom is -0.355 e. The predicted octanol–water partition coefficient (Wildman–Crippen LogP) is 0.945. The Morgan fingerprint density at radius 3 is 2.73 bits per heavy atom. The molecule has 0 saturated carbocycles. The second kappa shape index (κ2) is 7.26. The minimum atomic E-state index is -0.385. The Bertz CT molecular complexity index is 591. The number of carbonyl (C=O) groups excluding carboxylic acids is 3. The molecule has 1 aromatic rings. The standard InChI is InChI=1S/C15H18ClN3O3/c1-10(20)17-5-6-18-15(22)11-7-14(21)19(9-11)13-4-2-3-12(16)8-13/h2-4,8,11H,5-7,9H2,1H3,(H,17,20)(H,18,22)/t11-/m1/s1. The van der Waals surface area contributed by atoms with Crippen molar-refractivity contribution in [3.63, 3.8) is 0 Å². The second-order valence-electron chi connectivity index (χ2n) is 5.16. The Labute approximate surface area is 133 Å². The van der Waals surface area contributed by atoms with Crippen molar-refractivity contribution in [2.75, 3.05) is 24.5 Å². The average Bonchev–Trinajstić information content (AvgIpc) is 2.85. The van der Waals surface area contributed by atoms with Gasteiger partial charge in [0.2, 0.25) is 17.7 Å². The number of benzene rings is 1. The molecule has 22 heavy (non-hydrogen) atoms. The van der Waals surface area contributed by atoms with Gasteiger partial charge in [0.25, 0.3) is 0 Å². The number of anilines is 1. The van der Waals surface area contributed by atoms with Gasteiger partial charge in [-0.3, -0.25) is 14.4 Å². The molecule has 6 nitrogen and oxygen atoms in total. The number of hydrogen-bond donors (Lipinski definition) is 2. The third-order valence-corrected chi connectivity index (χ3v) is 3.65. The van der Waals surface area contributed by atoms with Gasteiger partial charge in [0.1, 0.15) is 0 Å². The fourth-order valence-electron chi connectivity index (χ4n) is 2.35. The fraction of sp³-hybridized carbons (Fsp3) is 0.400. The highest BCUT2D eigenvalue weighted by atomic mass is 35.5. The molecule has 1 fully saturated rings. The lowest BCUT2D eigenvalue weighted by Gasteiger charge is -2.17. The molecule has 1 aliphatic heterocycles. The van der Waals surface area contributed by atoms with Gasteiger partial charge in [-0.15, -0.1) is 0 Å². The van der Waals surface area contributed by atoms with E-state index in [0.717, 1.165) is 0 Å². The van der Waals surface area contributed by atoms with Crippen molar-refractivity contribution in [2.45, 2.75) is 13.3 Å².